The third-order valence-corrected chi connectivity index (χ3v) is 4.70. The highest BCUT2D eigenvalue weighted by Gasteiger charge is 2.32. The summed E-state index contributed by atoms with van der Waals surface area (Å²) in [6.45, 7) is 3.85. The van der Waals surface area contributed by atoms with Crippen LogP contribution < -0.4 is 4.90 Å². The Bertz CT molecular complexity index is 686. The average Bonchev–Trinajstić information content (AvgIpc) is 3.03. The number of carbonyl (C=O) groups is 1. The van der Waals surface area contributed by atoms with Crippen molar-refractivity contribution in [3.05, 3.63) is 18.6 Å². The van der Waals surface area contributed by atoms with Crippen molar-refractivity contribution in [3.63, 3.8) is 0 Å². The van der Waals surface area contributed by atoms with E-state index in [1.165, 1.54) is 0 Å². The van der Waals surface area contributed by atoms with Crippen molar-refractivity contribution in [2.75, 3.05) is 38.8 Å². The Balaban J connectivity index is 1.83. The number of rotatable bonds is 4. The third kappa shape index (κ3) is 3.01. The van der Waals surface area contributed by atoms with Crippen LogP contribution in [-0.4, -0.2) is 65.7 Å². The van der Waals surface area contributed by atoms with E-state index >= 15 is 0 Å². The monoisotopic (exact) mass is 317 g/mol. The summed E-state index contributed by atoms with van der Waals surface area (Å²) in [4.78, 5) is 28.0. The zero-order valence-electron chi connectivity index (χ0n) is 13.8. The quantitative estimate of drug-likeness (QED) is 0.919. The summed E-state index contributed by atoms with van der Waals surface area (Å²) in [7, 11) is 3.60. The second-order valence-corrected chi connectivity index (χ2v) is 6.15. The molecular formula is C16H23N5O2. The predicted molar refractivity (Wildman–Crippen MR) is 88.3 cm³/mol. The minimum Gasteiger partial charge on any atom is -0.375 e. The summed E-state index contributed by atoms with van der Waals surface area (Å²) in [5.74, 6) is 1.43. The molecule has 2 aromatic heterocycles. The van der Waals surface area contributed by atoms with E-state index in [4.69, 9.17) is 4.74 Å². The van der Waals surface area contributed by atoms with Gasteiger partial charge in [-0.05, 0) is 18.4 Å². The number of carbonyl (C=O) groups excluding carboxylic acids is 1. The zero-order valence-corrected chi connectivity index (χ0v) is 13.8. The molecular weight excluding hydrogens is 294 g/mol. The maximum absolute atomic E-state index is 12.1. The van der Waals surface area contributed by atoms with Gasteiger partial charge in [-0.15, -0.1) is 0 Å². The molecule has 7 heteroatoms. The van der Waals surface area contributed by atoms with Gasteiger partial charge in [0.05, 0.1) is 11.4 Å². The number of methoxy groups -OCH3 is 1. The number of hydrogen-bond acceptors (Lipinski definition) is 5. The first-order valence-corrected chi connectivity index (χ1v) is 7.89. The first kappa shape index (κ1) is 15.7. The molecule has 2 aromatic rings. The van der Waals surface area contributed by atoms with E-state index in [-0.39, 0.29) is 18.6 Å². The van der Waals surface area contributed by atoms with Gasteiger partial charge in [-0.3, -0.25) is 4.79 Å². The van der Waals surface area contributed by atoms with E-state index in [9.17, 15) is 4.79 Å². The molecule has 2 atom stereocenters. The minimum absolute atomic E-state index is 0.0484. The fourth-order valence-corrected chi connectivity index (χ4v) is 3.29. The molecule has 0 aliphatic carbocycles. The number of nitrogens with zero attached hydrogens (tertiary/aromatic N) is 4. The molecule has 1 fully saturated rings. The molecule has 7 nitrogen and oxygen atoms in total. The number of ether oxygens (including phenoxy) is 1. The fourth-order valence-electron chi connectivity index (χ4n) is 3.29. The van der Waals surface area contributed by atoms with Gasteiger partial charge < -0.3 is 19.5 Å². The molecule has 1 aliphatic rings. The molecule has 1 amide bonds. The largest absolute Gasteiger partial charge is 0.375 e. The first-order valence-electron chi connectivity index (χ1n) is 7.89. The Hall–Kier alpha value is -2.15. The summed E-state index contributed by atoms with van der Waals surface area (Å²) in [5.41, 5.74) is 0.831. The minimum atomic E-state index is 0.0484. The Kier molecular flexibility index (Phi) is 4.47. The van der Waals surface area contributed by atoms with Gasteiger partial charge in [0.1, 0.15) is 24.4 Å². The lowest BCUT2D eigenvalue weighted by Gasteiger charge is -2.42. The van der Waals surface area contributed by atoms with Gasteiger partial charge in [0.2, 0.25) is 5.91 Å². The highest BCUT2D eigenvalue weighted by molar-refractivity contribution is 5.87. The molecule has 0 unspecified atom stereocenters. The van der Waals surface area contributed by atoms with Gasteiger partial charge in [0.25, 0.3) is 0 Å². The average molecular weight is 317 g/mol. The first-order chi connectivity index (χ1) is 11.1. The highest BCUT2D eigenvalue weighted by atomic mass is 16.5. The summed E-state index contributed by atoms with van der Waals surface area (Å²) >= 11 is 0. The molecule has 1 N–H and O–H groups in total. The van der Waals surface area contributed by atoms with Gasteiger partial charge >= 0.3 is 0 Å². The van der Waals surface area contributed by atoms with E-state index in [1.54, 1.807) is 13.4 Å². The lowest BCUT2D eigenvalue weighted by atomic mass is 9.92. The van der Waals surface area contributed by atoms with Crippen molar-refractivity contribution in [2.24, 2.45) is 5.92 Å². The Labute approximate surface area is 135 Å². The van der Waals surface area contributed by atoms with E-state index in [0.717, 1.165) is 29.8 Å². The number of aromatic nitrogens is 3. The molecule has 23 heavy (non-hydrogen) atoms. The molecule has 124 valence electrons. The van der Waals surface area contributed by atoms with Crippen molar-refractivity contribution in [1.82, 2.24) is 19.9 Å². The topological polar surface area (TPSA) is 74.3 Å². The number of fused-ring (bicyclic) bond motifs is 1. The molecule has 1 saturated heterocycles. The summed E-state index contributed by atoms with van der Waals surface area (Å²) in [6, 6.07) is 2.21. The summed E-state index contributed by atoms with van der Waals surface area (Å²) < 4.78 is 4.98. The van der Waals surface area contributed by atoms with Crippen LogP contribution in [0.5, 0.6) is 0 Å². The number of anilines is 1. The van der Waals surface area contributed by atoms with Crippen LogP contribution in [0.3, 0.4) is 0 Å². The van der Waals surface area contributed by atoms with Crippen LogP contribution in [0.2, 0.25) is 0 Å². The predicted octanol–water partition coefficient (Wildman–Crippen LogP) is 1.28. The standard InChI is InChI=1S/C16H23N5O2/c1-11-5-7-21(14(22)9-23-3)8-13(11)20(2)16-12-4-6-17-15(12)18-10-19-16/h4,6,10-11,13H,5,7-9H2,1-3H3,(H,17,18,19)/t11-,13+/m1/s1. The van der Waals surface area contributed by atoms with Crippen molar-refractivity contribution >= 4 is 22.8 Å². The van der Waals surface area contributed by atoms with Gasteiger partial charge in [0.15, 0.2) is 0 Å². The van der Waals surface area contributed by atoms with Crippen molar-refractivity contribution < 1.29 is 9.53 Å². The molecule has 0 aromatic carbocycles. The molecule has 0 saturated carbocycles. The number of likely N-dealkylation sites (N-methyl/N-ethyl adjacent to an activating group) is 1. The Morgan fingerprint density at radius 3 is 3.13 bits per heavy atom. The van der Waals surface area contributed by atoms with E-state index in [1.807, 2.05) is 24.2 Å². The van der Waals surface area contributed by atoms with Crippen LogP contribution in [0.1, 0.15) is 13.3 Å². The Morgan fingerprint density at radius 2 is 2.35 bits per heavy atom. The SMILES string of the molecule is COCC(=O)N1CC[C@@H](C)[C@@H](N(C)c2ncnc3[nH]ccc23)C1. The molecule has 3 rings (SSSR count). The number of H-pyrrole nitrogens is 1. The molecule has 0 bridgehead atoms. The zero-order chi connectivity index (χ0) is 16.4. The molecule has 3 heterocycles. The maximum atomic E-state index is 12.1. The van der Waals surface area contributed by atoms with Crippen LogP contribution in [0.25, 0.3) is 11.0 Å². The molecule has 0 radical (unpaired) electrons. The molecule has 0 spiro atoms. The van der Waals surface area contributed by atoms with Gasteiger partial charge in [0, 0.05) is 33.4 Å². The van der Waals surface area contributed by atoms with Gasteiger partial charge in [-0.25, -0.2) is 9.97 Å². The van der Waals surface area contributed by atoms with Crippen LogP contribution >= 0.6 is 0 Å². The maximum Gasteiger partial charge on any atom is 0.248 e. The van der Waals surface area contributed by atoms with Gasteiger partial charge in [-0.1, -0.05) is 6.92 Å². The lowest BCUT2D eigenvalue weighted by molar-refractivity contribution is -0.136. The number of aromatic amines is 1. The van der Waals surface area contributed by atoms with E-state index in [2.05, 4.69) is 26.8 Å². The van der Waals surface area contributed by atoms with Crippen molar-refractivity contribution in [3.8, 4) is 0 Å². The smallest absolute Gasteiger partial charge is 0.248 e. The fraction of sp³-hybridized carbons (Fsp3) is 0.562. The van der Waals surface area contributed by atoms with Gasteiger partial charge in [-0.2, -0.15) is 0 Å². The highest BCUT2D eigenvalue weighted by Crippen LogP contribution is 2.28. The number of hydrogen-bond donors (Lipinski definition) is 1. The normalized spacial score (nSPS) is 21.6. The third-order valence-electron chi connectivity index (χ3n) is 4.70. The molecule has 1 aliphatic heterocycles. The van der Waals surface area contributed by atoms with Crippen molar-refractivity contribution in [2.45, 2.75) is 19.4 Å². The van der Waals surface area contributed by atoms with Crippen molar-refractivity contribution in [1.29, 1.82) is 0 Å². The number of piperidine rings is 1. The summed E-state index contributed by atoms with van der Waals surface area (Å²) in [5, 5.41) is 1.00. The second-order valence-electron chi connectivity index (χ2n) is 6.15. The lowest BCUT2D eigenvalue weighted by Crippen LogP contribution is -2.53. The van der Waals surface area contributed by atoms with Crippen LogP contribution in [-0.2, 0) is 9.53 Å². The number of amides is 1. The van der Waals surface area contributed by atoms with E-state index < -0.39 is 0 Å². The number of likely N-dealkylation sites (tertiary alicyclic amines) is 1. The van der Waals surface area contributed by atoms with E-state index in [0.29, 0.717) is 12.5 Å². The van der Waals surface area contributed by atoms with Crippen LogP contribution in [0.15, 0.2) is 18.6 Å². The van der Waals surface area contributed by atoms with Crippen LogP contribution in [0.4, 0.5) is 5.82 Å². The second kappa shape index (κ2) is 6.54. The number of nitrogens with one attached hydrogen (secondary N) is 1. The van der Waals surface area contributed by atoms with Crippen LogP contribution in [0, 0.1) is 5.92 Å². The summed E-state index contributed by atoms with van der Waals surface area (Å²) in [6.07, 6.45) is 4.42. The Morgan fingerprint density at radius 1 is 1.52 bits per heavy atom.